The summed E-state index contributed by atoms with van der Waals surface area (Å²) < 4.78 is 0. The summed E-state index contributed by atoms with van der Waals surface area (Å²) in [5.74, 6) is -0.382. The van der Waals surface area contributed by atoms with Crippen molar-refractivity contribution in [3.8, 4) is 11.3 Å². The normalized spacial score (nSPS) is 10.3. The second kappa shape index (κ2) is 9.37. The fourth-order valence-electron chi connectivity index (χ4n) is 2.88. The number of nitrogens with one attached hydrogen (secondary N) is 3. The van der Waals surface area contributed by atoms with E-state index in [0.717, 1.165) is 17.0 Å². The molecule has 0 unspecified atom stereocenters. The average Bonchev–Trinajstić information content (AvgIpc) is 3.21. The molecule has 0 saturated carbocycles. The lowest BCUT2D eigenvalue weighted by molar-refractivity contribution is -0.116. The number of aromatic amines is 1. The number of carbonyl (C=O) groups is 2. The summed E-state index contributed by atoms with van der Waals surface area (Å²) in [6.45, 7) is 3.96. The van der Waals surface area contributed by atoms with Crippen molar-refractivity contribution in [2.24, 2.45) is 0 Å². The van der Waals surface area contributed by atoms with E-state index in [0.29, 0.717) is 30.6 Å². The SMILES string of the molecule is C=CCNC(=O)c1ccccc1NC(=O)CCc1ccc(-c2ccccc2)[nH]1. The minimum Gasteiger partial charge on any atom is -0.358 e. The van der Waals surface area contributed by atoms with Crippen molar-refractivity contribution in [2.45, 2.75) is 12.8 Å². The van der Waals surface area contributed by atoms with Crippen LogP contribution in [0.25, 0.3) is 11.3 Å². The van der Waals surface area contributed by atoms with E-state index in [2.05, 4.69) is 22.2 Å². The largest absolute Gasteiger partial charge is 0.358 e. The zero-order valence-corrected chi connectivity index (χ0v) is 15.6. The van der Waals surface area contributed by atoms with Gasteiger partial charge in [0, 0.05) is 24.4 Å². The summed E-state index contributed by atoms with van der Waals surface area (Å²) in [5, 5.41) is 5.56. The number of rotatable bonds is 8. The first kappa shape index (κ1) is 19.2. The standard InChI is InChI=1S/C23H23N3O2/c1-2-16-24-23(28)19-10-6-7-11-21(19)26-22(27)15-13-18-12-14-20(25-18)17-8-4-3-5-9-17/h2-12,14,25H,1,13,15-16H2,(H,24,28)(H,26,27). The van der Waals surface area contributed by atoms with Crippen molar-refractivity contribution >= 4 is 17.5 Å². The third-order valence-electron chi connectivity index (χ3n) is 4.31. The molecule has 3 rings (SSSR count). The minimum atomic E-state index is -0.243. The van der Waals surface area contributed by atoms with Crippen molar-refractivity contribution in [1.82, 2.24) is 10.3 Å². The predicted molar refractivity (Wildman–Crippen MR) is 112 cm³/mol. The maximum Gasteiger partial charge on any atom is 0.253 e. The van der Waals surface area contributed by atoms with E-state index >= 15 is 0 Å². The van der Waals surface area contributed by atoms with E-state index in [-0.39, 0.29) is 11.8 Å². The van der Waals surface area contributed by atoms with Gasteiger partial charge in [-0.1, -0.05) is 48.5 Å². The van der Waals surface area contributed by atoms with Crippen molar-refractivity contribution in [1.29, 1.82) is 0 Å². The van der Waals surface area contributed by atoms with Gasteiger partial charge in [-0.3, -0.25) is 9.59 Å². The Bertz CT molecular complexity index is 961. The first-order valence-electron chi connectivity index (χ1n) is 9.18. The molecule has 0 radical (unpaired) electrons. The number of benzene rings is 2. The maximum atomic E-state index is 12.4. The lowest BCUT2D eigenvalue weighted by atomic mass is 10.1. The lowest BCUT2D eigenvalue weighted by Gasteiger charge is -2.10. The summed E-state index contributed by atoms with van der Waals surface area (Å²) in [4.78, 5) is 27.9. The Hall–Kier alpha value is -3.60. The van der Waals surface area contributed by atoms with Gasteiger partial charge in [0.15, 0.2) is 0 Å². The van der Waals surface area contributed by atoms with E-state index in [1.807, 2.05) is 42.5 Å². The van der Waals surface area contributed by atoms with E-state index in [1.165, 1.54) is 0 Å². The number of hydrogen-bond acceptors (Lipinski definition) is 2. The summed E-state index contributed by atoms with van der Waals surface area (Å²) in [7, 11) is 0. The van der Waals surface area contributed by atoms with E-state index in [9.17, 15) is 9.59 Å². The van der Waals surface area contributed by atoms with Gasteiger partial charge in [-0.25, -0.2) is 0 Å². The highest BCUT2D eigenvalue weighted by Gasteiger charge is 2.12. The van der Waals surface area contributed by atoms with Crippen LogP contribution >= 0.6 is 0 Å². The van der Waals surface area contributed by atoms with Crippen LogP contribution < -0.4 is 10.6 Å². The molecule has 0 aliphatic heterocycles. The number of H-pyrrole nitrogens is 1. The summed E-state index contributed by atoms with van der Waals surface area (Å²) in [5.41, 5.74) is 4.07. The fourth-order valence-corrected chi connectivity index (χ4v) is 2.88. The van der Waals surface area contributed by atoms with Gasteiger partial charge in [0.25, 0.3) is 5.91 Å². The quantitative estimate of drug-likeness (QED) is 0.519. The van der Waals surface area contributed by atoms with Gasteiger partial charge in [-0.05, 0) is 36.2 Å². The zero-order valence-electron chi connectivity index (χ0n) is 15.6. The highest BCUT2D eigenvalue weighted by Crippen LogP contribution is 2.19. The van der Waals surface area contributed by atoms with Crippen LogP contribution in [-0.4, -0.2) is 23.3 Å². The highest BCUT2D eigenvalue weighted by atomic mass is 16.2. The molecule has 5 heteroatoms. The summed E-state index contributed by atoms with van der Waals surface area (Å²) in [6, 6.07) is 21.0. The molecule has 3 aromatic rings. The molecule has 142 valence electrons. The number of anilines is 1. The number of carbonyl (C=O) groups excluding carboxylic acids is 2. The first-order valence-corrected chi connectivity index (χ1v) is 9.18. The molecule has 0 saturated heterocycles. The van der Waals surface area contributed by atoms with Gasteiger partial charge >= 0.3 is 0 Å². The van der Waals surface area contributed by atoms with Crippen LogP contribution in [-0.2, 0) is 11.2 Å². The van der Waals surface area contributed by atoms with Crippen LogP contribution in [0.15, 0.2) is 79.4 Å². The van der Waals surface area contributed by atoms with Crippen molar-refractivity contribution in [3.05, 3.63) is 90.6 Å². The smallest absolute Gasteiger partial charge is 0.253 e. The average molecular weight is 373 g/mol. The van der Waals surface area contributed by atoms with Crippen LogP contribution in [0.4, 0.5) is 5.69 Å². The Morgan fingerprint density at radius 2 is 1.71 bits per heavy atom. The van der Waals surface area contributed by atoms with E-state index in [4.69, 9.17) is 0 Å². The van der Waals surface area contributed by atoms with Crippen LogP contribution in [0.3, 0.4) is 0 Å². The number of hydrogen-bond donors (Lipinski definition) is 3. The van der Waals surface area contributed by atoms with Crippen molar-refractivity contribution in [3.63, 3.8) is 0 Å². The molecule has 0 atom stereocenters. The Morgan fingerprint density at radius 1 is 0.964 bits per heavy atom. The maximum absolute atomic E-state index is 12.4. The van der Waals surface area contributed by atoms with Gasteiger partial charge in [0.2, 0.25) is 5.91 Å². The minimum absolute atomic E-state index is 0.139. The number of aryl methyl sites for hydroxylation is 1. The molecule has 0 aliphatic carbocycles. The molecule has 1 aromatic heterocycles. The van der Waals surface area contributed by atoms with Gasteiger partial charge < -0.3 is 15.6 Å². The molecule has 5 nitrogen and oxygen atoms in total. The molecule has 0 spiro atoms. The molecule has 1 heterocycles. The van der Waals surface area contributed by atoms with Gasteiger partial charge in [-0.2, -0.15) is 0 Å². The number of aromatic nitrogens is 1. The zero-order chi connectivity index (χ0) is 19.8. The fraction of sp³-hybridized carbons (Fsp3) is 0.130. The number of para-hydroxylation sites is 1. The highest BCUT2D eigenvalue weighted by molar-refractivity contribution is 6.03. The third-order valence-corrected chi connectivity index (χ3v) is 4.31. The third kappa shape index (κ3) is 4.98. The molecular formula is C23H23N3O2. The van der Waals surface area contributed by atoms with E-state index < -0.39 is 0 Å². The number of amides is 2. The second-order valence-electron chi connectivity index (χ2n) is 6.36. The lowest BCUT2D eigenvalue weighted by Crippen LogP contribution is -2.25. The predicted octanol–water partition coefficient (Wildman–Crippen LogP) is 4.17. The van der Waals surface area contributed by atoms with Crippen LogP contribution in [0.5, 0.6) is 0 Å². The Morgan fingerprint density at radius 3 is 2.50 bits per heavy atom. The van der Waals surface area contributed by atoms with Crippen LogP contribution in [0, 0.1) is 0 Å². The van der Waals surface area contributed by atoms with Crippen LogP contribution in [0.1, 0.15) is 22.5 Å². The molecule has 0 aliphatic rings. The van der Waals surface area contributed by atoms with Crippen molar-refractivity contribution < 1.29 is 9.59 Å². The van der Waals surface area contributed by atoms with Crippen molar-refractivity contribution in [2.75, 3.05) is 11.9 Å². The van der Waals surface area contributed by atoms with Crippen LogP contribution in [0.2, 0.25) is 0 Å². The van der Waals surface area contributed by atoms with E-state index in [1.54, 1.807) is 30.3 Å². The van der Waals surface area contributed by atoms with Gasteiger partial charge in [0.1, 0.15) is 0 Å². The molecule has 0 bridgehead atoms. The Balaban J connectivity index is 1.59. The first-order chi connectivity index (χ1) is 13.7. The summed E-state index contributed by atoms with van der Waals surface area (Å²) >= 11 is 0. The molecule has 3 N–H and O–H groups in total. The topological polar surface area (TPSA) is 74.0 Å². The second-order valence-corrected chi connectivity index (χ2v) is 6.36. The molecule has 2 aromatic carbocycles. The summed E-state index contributed by atoms with van der Waals surface area (Å²) in [6.07, 6.45) is 2.51. The molecule has 2 amide bonds. The molecular weight excluding hydrogens is 350 g/mol. The monoisotopic (exact) mass is 373 g/mol. The van der Waals surface area contributed by atoms with Gasteiger partial charge in [-0.15, -0.1) is 6.58 Å². The molecule has 28 heavy (non-hydrogen) atoms. The van der Waals surface area contributed by atoms with Gasteiger partial charge in [0.05, 0.1) is 11.3 Å². The Kier molecular flexibility index (Phi) is 6.41. The Labute approximate surface area is 164 Å². The molecule has 0 fully saturated rings.